The predicted octanol–water partition coefficient (Wildman–Crippen LogP) is 1.60. The van der Waals surface area contributed by atoms with Crippen LogP contribution >= 0.6 is 0 Å². The van der Waals surface area contributed by atoms with Gasteiger partial charge in [-0.05, 0) is 79.7 Å². The van der Waals surface area contributed by atoms with Gasteiger partial charge in [-0.15, -0.1) is 5.10 Å². The second-order valence-corrected chi connectivity index (χ2v) is 12.3. The summed E-state index contributed by atoms with van der Waals surface area (Å²) in [5.74, 6) is 0.337. The van der Waals surface area contributed by atoms with Crippen molar-refractivity contribution in [2.75, 3.05) is 26.7 Å². The number of nitrogens with one attached hydrogen (secondary N) is 1. The van der Waals surface area contributed by atoms with Crippen LogP contribution in [-0.2, 0) is 34.3 Å². The number of hydrogen-bond acceptors (Lipinski definition) is 8. The summed E-state index contributed by atoms with van der Waals surface area (Å²) in [5.41, 5.74) is 10.4. The van der Waals surface area contributed by atoms with Crippen molar-refractivity contribution in [2.24, 2.45) is 24.6 Å². The molecule has 0 bridgehead atoms. The van der Waals surface area contributed by atoms with Gasteiger partial charge in [0, 0.05) is 33.1 Å². The van der Waals surface area contributed by atoms with Gasteiger partial charge in [0.2, 0.25) is 17.7 Å². The molecular weight excluding hydrogens is 560 g/mol. The lowest BCUT2D eigenvalue weighted by atomic mass is 9.89. The molecule has 5 rings (SSSR count). The number of aryl methyl sites for hydroxylation is 1. The number of nitrogens with zero attached hydrogens (tertiary/aromatic N) is 6. The third-order valence-electron chi connectivity index (χ3n) is 9.26. The molecule has 234 valence electrons. The van der Waals surface area contributed by atoms with E-state index in [0.717, 1.165) is 41.1 Å². The van der Waals surface area contributed by atoms with Crippen LogP contribution in [0.2, 0.25) is 0 Å². The molecule has 2 saturated heterocycles. The minimum Gasteiger partial charge on any atom is -0.497 e. The molecule has 1 aliphatic carbocycles. The fourth-order valence-electron chi connectivity index (χ4n) is 6.63. The Bertz CT molecular complexity index is 1440. The first-order chi connectivity index (χ1) is 21.2. The fraction of sp³-hybridized carbons (Fsp3) is 0.562. The van der Waals surface area contributed by atoms with Gasteiger partial charge >= 0.3 is 0 Å². The SMILES string of the molecule is COc1ccc(CC2CC(C(=O)NCC3=Cc4nnn(C)c4CC3C)N(C(=O)C(N)CCC(=O)N3CCCC3C#N)C2)cc1. The first kappa shape index (κ1) is 31.2. The second kappa shape index (κ2) is 13.6. The van der Waals surface area contributed by atoms with Crippen molar-refractivity contribution in [1.29, 1.82) is 5.26 Å². The van der Waals surface area contributed by atoms with Crippen LogP contribution in [0.5, 0.6) is 5.75 Å². The molecule has 1 aromatic heterocycles. The first-order valence-corrected chi connectivity index (χ1v) is 15.4. The number of ether oxygens (including phenoxy) is 1. The van der Waals surface area contributed by atoms with E-state index in [0.29, 0.717) is 38.9 Å². The van der Waals surface area contributed by atoms with Crippen LogP contribution < -0.4 is 15.8 Å². The first-order valence-electron chi connectivity index (χ1n) is 15.4. The summed E-state index contributed by atoms with van der Waals surface area (Å²) in [6.07, 6.45) is 5.70. The van der Waals surface area contributed by atoms with E-state index >= 15 is 0 Å². The van der Waals surface area contributed by atoms with E-state index in [9.17, 15) is 19.6 Å². The third kappa shape index (κ3) is 6.78. The topological polar surface area (TPSA) is 159 Å². The zero-order valence-corrected chi connectivity index (χ0v) is 25.7. The smallest absolute Gasteiger partial charge is 0.243 e. The number of fused-ring (bicyclic) bond motifs is 1. The number of likely N-dealkylation sites (tertiary alicyclic amines) is 2. The maximum atomic E-state index is 13.7. The number of aromatic nitrogens is 3. The van der Waals surface area contributed by atoms with Crippen LogP contribution in [0.25, 0.3) is 6.08 Å². The summed E-state index contributed by atoms with van der Waals surface area (Å²) in [4.78, 5) is 43.3. The number of nitriles is 1. The van der Waals surface area contributed by atoms with Gasteiger partial charge in [0.25, 0.3) is 0 Å². The van der Waals surface area contributed by atoms with Crippen molar-refractivity contribution in [3.8, 4) is 11.8 Å². The quantitative estimate of drug-likeness (QED) is 0.415. The van der Waals surface area contributed by atoms with Crippen LogP contribution in [-0.4, -0.2) is 87.4 Å². The lowest BCUT2D eigenvalue weighted by Gasteiger charge is -2.28. The Labute approximate surface area is 258 Å². The summed E-state index contributed by atoms with van der Waals surface area (Å²) in [6, 6.07) is 7.99. The van der Waals surface area contributed by atoms with E-state index in [1.807, 2.05) is 37.4 Å². The zero-order valence-electron chi connectivity index (χ0n) is 25.7. The average Bonchev–Trinajstić information content (AvgIpc) is 3.77. The number of rotatable bonds is 10. The van der Waals surface area contributed by atoms with Crippen molar-refractivity contribution >= 4 is 23.8 Å². The maximum absolute atomic E-state index is 13.7. The molecule has 44 heavy (non-hydrogen) atoms. The molecule has 3 amide bonds. The van der Waals surface area contributed by atoms with Gasteiger partial charge in [0.15, 0.2) is 0 Å². The summed E-state index contributed by atoms with van der Waals surface area (Å²) < 4.78 is 7.06. The van der Waals surface area contributed by atoms with E-state index in [4.69, 9.17) is 10.5 Å². The third-order valence-corrected chi connectivity index (χ3v) is 9.26. The van der Waals surface area contributed by atoms with Gasteiger partial charge < -0.3 is 25.6 Å². The number of carbonyl (C=O) groups is 3. The Hall–Kier alpha value is -4.24. The van der Waals surface area contributed by atoms with E-state index in [-0.39, 0.29) is 42.4 Å². The Morgan fingerprint density at radius 3 is 2.73 bits per heavy atom. The Balaban J connectivity index is 1.25. The van der Waals surface area contributed by atoms with Gasteiger partial charge in [-0.3, -0.25) is 19.1 Å². The Kier molecular flexibility index (Phi) is 9.64. The summed E-state index contributed by atoms with van der Waals surface area (Å²) in [5, 5.41) is 20.8. The lowest BCUT2D eigenvalue weighted by molar-refractivity contribution is -0.140. The maximum Gasteiger partial charge on any atom is 0.243 e. The summed E-state index contributed by atoms with van der Waals surface area (Å²) in [6.45, 7) is 3.42. The minimum atomic E-state index is -0.923. The second-order valence-electron chi connectivity index (χ2n) is 12.3. The van der Waals surface area contributed by atoms with Crippen molar-refractivity contribution in [3.63, 3.8) is 0 Å². The number of hydrogen-bond donors (Lipinski definition) is 2. The van der Waals surface area contributed by atoms with Crippen LogP contribution in [0.15, 0.2) is 29.8 Å². The molecule has 1 aromatic carbocycles. The van der Waals surface area contributed by atoms with E-state index in [1.54, 1.807) is 21.6 Å². The minimum absolute atomic E-state index is 0.0629. The Morgan fingerprint density at radius 2 is 2.00 bits per heavy atom. The van der Waals surface area contributed by atoms with Gasteiger partial charge in [0.05, 0.1) is 24.9 Å². The van der Waals surface area contributed by atoms with Gasteiger partial charge in [-0.1, -0.05) is 24.3 Å². The van der Waals surface area contributed by atoms with Crippen LogP contribution in [0, 0.1) is 23.2 Å². The normalized spacial score (nSPS) is 23.5. The van der Waals surface area contributed by atoms with Gasteiger partial charge in [-0.25, -0.2) is 0 Å². The van der Waals surface area contributed by atoms with Crippen molar-refractivity contribution in [1.82, 2.24) is 30.1 Å². The molecule has 0 spiro atoms. The largest absolute Gasteiger partial charge is 0.497 e. The molecule has 0 radical (unpaired) electrons. The molecule has 3 heterocycles. The van der Waals surface area contributed by atoms with Gasteiger partial charge in [0.1, 0.15) is 23.5 Å². The van der Waals surface area contributed by atoms with Crippen LogP contribution in [0.1, 0.15) is 56.0 Å². The highest BCUT2D eigenvalue weighted by Gasteiger charge is 2.41. The predicted molar refractivity (Wildman–Crippen MR) is 163 cm³/mol. The van der Waals surface area contributed by atoms with Gasteiger partial charge in [-0.2, -0.15) is 5.26 Å². The lowest BCUT2D eigenvalue weighted by Crippen LogP contribution is -2.51. The standard InChI is InChI=1S/C32H42N8O4/c1-20-13-28-27(36-37-38(28)2)16-23(20)18-35-31(42)29-15-22(14-21-6-8-25(44-3)9-7-21)19-40(29)32(43)26(34)10-11-30(41)39-12-4-5-24(39)17-33/h6-9,16,20,22,24,26,29H,4-5,10-15,18-19,34H2,1-3H3,(H,35,42). The number of amides is 3. The van der Waals surface area contributed by atoms with Crippen molar-refractivity contribution in [2.45, 2.75) is 70.0 Å². The molecular formula is C32H42N8O4. The average molecular weight is 603 g/mol. The molecule has 2 aliphatic heterocycles. The highest BCUT2D eigenvalue weighted by molar-refractivity contribution is 5.91. The summed E-state index contributed by atoms with van der Waals surface area (Å²) >= 11 is 0. The monoisotopic (exact) mass is 602 g/mol. The highest BCUT2D eigenvalue weighted by Crippen LogP contribution is 2.30. The molecule has 5 unspecified atom stereocenters. The van der Waals surface area contributed by atoms with E-state index in [2.05, 4.69) is 28.6 Å². The van der Waals surface area contributed by atoms with E-state index < -0.39 is 18.1 Å². The molecule has 2 aromatic rings. The highest BCUT2D eigenvalue weighted by atomic mass is 16.5. The number of methoxy groups -OCH3 is 1. The van der Waals surface area contributed by atoms with Crippen molar-refractivity contribution in [3.05, 3.63) is 46.8 Å². The molecule has 12 nitrogen and oxygen atoms in total. The van der Waals surface area contributed by atoms with E-state index in [1.165, 1.54) is 0 Å². The Morgan fingerprint density at radius 1 is 1.23 bits per heavy atom. The molecule has 12 heteroatoms. The molecule has 5 atom stereocenters. The van der Waals surface area contributed by atoms with Crippen LogP contribution in [0.4, 0.5) is 0 Å². The molecule has 3 N–H and O–H groups in total. The number of benzene rings is 1. The molecule has 2 fully saturated rings. The van der Waals surface area contributed by atoms with Crippen molar-refractivity contribution < 1.29 is 19.1 Å². The fourth-order valence-corrected chi connectivity index (χ4v) is 6.63. The number of carbonyl (C=O) groups excluding carboxylic acids is 3. The summed E-state index contributed by atoms with van der Waals surface area (Å²) in [7, 11) is 3.50. The van der Waals surface area contributed by atoms with Crippen LogP contribution in [0.3, 0.4) is 0 Å². The zero-order chi connectivity index (χ0) is 31.4. The molecule has 0 saturated carbocycles. The molecule has 3 aliphatic rings. The number of nitrogens with two attached hydrogens (primary N) is 1.